The molecule has 5 saturated carbocycles. The third-order valence-corrected chi connectivity index (χ3v) is 13.8. The van der Waals surface area contributed by atoms with Crippen molar-refractivity contribution < 1.29 is 15.0 Å². The Morgan fingerprint density at radius 3 is 2.03 bits per heavy atom. The van der Waals surface area contributed by atoms with Crippen LogP contribution in [0.3, 0.4) is 0 Å². The lowest BCUT2D eigenvalue weighted by Gasteiger charge is -2.73. The zero-order valence-electron chi connectivity index (χ0n) is 22.5. The molecule has 5 aliphatic carbocycles. The zero-order valence-corrected chi connectivity index (χ0v) is 22.5. The highest BCUT2D eigenvalue weighted by Crippen LogP contribution is 2.77. The predicted molar refractivity (Wildman–Crippen MR) is 133 cm³/mol. The maximum absolute atomic E-state index is 12.5. The molecular weight excluding hydrogens is 408 g/mol. The molecule has 0 aromatic heterocycles. The molecule has 1 unspecified atom stereocenters. The third-order valence-electron chi connectivity index (χ3n) is 13.8. The minimum Gasteiger partial charge on any atom is -0.481 e. The van der Waals surface area contributed by atoms with Gasteiger partial charge in [-0.1, -0.05) is 41.5 Å². The predicted octanol–water partition coefficient (Wildman–Crippen LogP) is 7.31. The molecule has 0 bridgehead atoms. The Morgan fingerprint density at radius 2 is 1.36 bits per heavy atom. The van der Waals surface area contributed by atoms with E-state index in [1.807, 2.05) is 6.92 Å². The first-order valence-corrected chi connectivity index (χ1v) is 14.1. The molecule has 3 nitrogen and oxygen atoms in total. The number of hydrogen-bond acceptors (Lipinski definition) is 2. The number of aliphatic carboxylic acids is 1. The summed E-state index contributed by atoms with van der Waals surface area (Å²) in [6, 6.07) is 0. The molecule has 0 aliphatic heterocycles. The largest absolute Gasteiger partial charge is 0.481 e. The van der Waals surface area contributed by atoms with Crippen LogP contribution >= 0.6 is 0 Å². The minimum absolute atomic E-state index is 0.0138. The molecule has 0 aromatic carbocycles. The average molecular weight is 459 g/mol. The second kappa shape index (κ2) is 7.01. The van der Waals surface area contributed by atoms with Gasteiger partial charge in [-0.05, 0) is 128 Å². The minimum atomic E-state index is -1.01. The van der Waals surface area contributed by atoms with E-state index in [0.29, 0.717) is 28.6 Å². The Morgan fingerprint density at radius 1 is 0.697 bits per heavy atom. The number of aliphatic hydroxyl groups is 1. The molecule has 3 heteroatoms. The van der Waals surface area contributed by atoms with E-state index in [1.54, 1.807) is 0 Å². The smallest absolute Gasteiger partial charge is 0.312 e. The first kappa shape index (κ1) is 24.1. The molecule has 2 N–H and O–H groups in total. The van der Waals surface area contributed by atoms with Crippen molar-refractivity contribution in [1.82, 2.24) is 0 Å². The number of rotatable bonds is 1. The van der Waals surface area contributed by atoms with Crippen molar-refractivity contribution in [3.8, 4) is 0 Å². The third kappa shape index (κ3) is 2.93. The summed E-state index contributed by atoms with van der Waals surface area (Å²) >= 11 is 0. The second-order valence-corrected chi connectivity index (χ2v) is 15.4. The molecule has 0 amide bonds. The monoisotopic (exact) mass is 458 g/mol. The molecule has 10 atom stereocenters. The van der Waals surface area contributed by atoms with Crippen molar-refractivity contribution in [3.05, 3.63) is 0 Å². The zero-order chi connectivity index (χ0) is 24.2. The van der Waals surface area contributed by atoms with Crippen molar-refractivity contribution in [2.24, 2.45) is 56.2 Å². The topological polar surface area (TPSA) is 57.5 Å². The highest BCUT2D eigenvalue weighted by molar-refractivity contribution is 5.76. The Hall–Kier alpha value is -0.570. The maximum atomic E-state index is 12.5. The quantitative estimate of drug-likeness (QED) is 0.433. The van der Waals surface area contributed by atoms with Gasteiger partial charge in [0.05, 0.1) is 11.5 Å². The number of carboxylic acid groups (broad SMARTS) is 1. The normalized spacial score (nSPS) is 57.8. The van der Waals surface area contributed by atoms with Crippen LogP contribution in [0.2, 0.25) is 0 Å². The van der Waals surface area contributed by atoms with Crippen LogP contribution in [0.1, 0.15) is 119 Å². The van der Waals surface area contributed by atoms with Crippen LogP contribution in [0.5, 0.6) is 0 Å². The van der Waals surface area contributed by atoms with Gasteiger partial charge in [0.2, 0.25) is 0 Å². The SMILES string of the molecule is CC1(C)CC[C@]2(C)CC[C@]3(C)C(CC[C@@H]4[C@@]5(C)CC[C@@H](O)[C@](C)(C(=O)O)[C@@H]5CC[C@]43C)[C@@H]2C1. The Balaban J connectivity index is 1.53. The Bertz CT molecular complexity index is 834. The lowest BCUT2D eigenvalue weighted by Crippen LogP contribution is -2.68. The first-order valence-electron chi connectivity index (χ1n) is 14.1. The number of carboxylic acids is 1. The van der Waals surface area contributed by atoms with Gasteiger partial charge >= 0.3 is 5.97 Å². The van der Waals surface area contributed by atoms with E-state index < -0.39 is 17.5 Å². The number of aliphatic hydroxyl groups excluding tert-OH is 1. The molecular formula is C30H50O3. The highest BCUT2D eigenvalue weighted by Gasteiger charge is 2.71. The summed E-state index contributed by atoms with van der Waals surface area (Å²) in [6.45, 7) is 17.2. The molecule has 5 fully saturated rings. The van der Waals surface area contributed by atoms with E-state index in [-0.39, 0.29) is 16.7 Å². The highest BCUT2D eigenvalue weighted by atomic mass is 16.4. The van der Waals surface area contributed by atoms with Crippen LogP contribution in [-0.4, -0.2) is 22.3 Å². The van der Waals surface area contributed by atoms with E-state index in [1.165, 1.54) is 44.9 Å². The van der Waals surface area contributed by atoms with E-state index in [9.17, 15) is 15.0 Å². The van der Waals surface area contributed by atoms with E-state index >= 15 is 0 Å². The second-order valence-electron chi connectivity index (χ2n) is 15.4. The summed E-state index contributed by atoms with van der Waals surface area (Å²) in [5.74, 6) is 1.49. The molecule has 0 heterocycles. The summed E-state index contributed by atoms with van der Waals surface area (Å²) in [4.78, 5) is 12.5. The Labute approximate surface area is 202 Å². The van der Waals surface area contributed by atoms with Gasteiger partial charge in [-0.2, -0.15) is 0 Å². The molecule has 5 rings (SSSR count). The van der Waals surface area contributed by atoms with Crippen LogP contribution in [-0.2, 0) is 4.79 Å². The maximum Gasteiger partial charge on any atom is 0.312 e. The van der Waals surface area contributed by atoms with Gasteiger partial charge in [-0.15, -0.1) is 0 Å². The first-order chi connectivity index (χ1) is 15.1. The van der Waals surface area contributed by atoms with Crippen LogP contribution in [0, 0.1) is 56.2 Å². The van der Waals surface area contributed by atoms with E-state index in [0.717, 1.165) is 31.1 Å². The number of hydrogen-bond donors (Lipinski definition) is 2. The van der Waals surface area contributed by atoms with Crippen molar-refractivity contribution >= 4 is 5.97 Å². The molecule has 0 spiro atoms. The van der Waals surface area contributed by atoms with Crippen molar-refractivity contribution in [2.75, 3.05) is 0 Å². The van der Waals surface area contributed by atoms with Crippen molar-refractivity contribution in [3.63, 3.8) is 0 Å². The average Bonchev–Trinajstić information content (AvgIpc) is 2.72. The van der Waals surface area contributed by atoms with Crippen molar-refractivity contribution in [2.45, 2.75) is 125 Å². The fourth-order valence-electron chi connectivity index (χ4n) is 11.3. The number of carbonyl (C=O) groups is 1. The summed E-state index contributed by atoms with van der Waals surface area (Å²) < 4.78 is 0. The molecule has 188 valence electrons. The van der Waals surface area contributed by atoms with Crippen molar-refractivity contribution in [1.29, 1.82) is 0 Å². The molecule has 0 saturated heterocycles. The van der Waals surface area contributed by atoms with Gasteiger partial charge in [-0.3, -0.25) is 4.79 Å². The fourth-order valence-corrected chi connectivity index (χ4v) is 11.3. The van der Waals surface area contributed by atoms with Gasteiger partial charge < -0.3 is 10.2 Å². The number of fused-ring (bicyclic) bond motifs is 7. The van der Waals surface area contributed by atoms with Gasteiger partial charge in [0.25, 0.3) is 0 Å². The summed E-state index contributed by atoms with van der Waals surface area (Å²) in [5, 5.41) is 21.1. The molecule has 5 aliphatic rings. The Kier molecular flexibility index (Phi) is 5.13. The lowest BCUT2D eigenvalue weighted by molar-refractivity contribution is -0.255. The van der Waals surface area contributed by atoms with Gasteiger partial charge in [0, 0.05) is 0 Å². The van der Waals surface area contributed by atoms with Crippen LogP contribution in [0.4, 0.5) is 0 Å². The van der Waals surface area contributed by atoms with Gasteiger partial charge in [-0.25, -0.2) is 0 Å². The summed E-state index contributed by atoms with van der Waals surface area (Å²) in [7, 11) is 0. The van der Waals surface area contributed by atoms with Crippen LogP contribution in [0.25, 0.3) is 0 Å². The van der Waals surface area contributed by atoms with E-state index in [4.69, 9.17) is 0 Å². The van der Waals surface area contributed by atoms with Crippen LogP contribution < -0.4 is 0 Å². The van der Waals surface area contributed by atoms with Gasteiger partial charge in [0.1, 0.15) is 0 Å². The molecule has 0 aromatic rings. The summed E-state index contributed by atoms with van der Waals surface area (Å²) in [5.41, 5.74) is 0.598. The molecule has 33 heavy (non-hydrogen) atoms. The van der Waals surface area contributed by atoms with Crippen LogP contribution in [0.15, 0.2) is 0 Å². The van der Waals surface area contributed by atoms with E-state index in [2.05, 4.69) is 41.5 Å². The lowest BCUT2D eigenvalue weighted by atomic mass is 9.31. The standard InChI is InChI=1S/C30H50O3/c1-25(2)14-15-26(3)16-17-28(5)19(20(26)18-25)8-9-21-27(4)12-11-23(31)30(7,24(32)33)22(27)10-13-29(21,28)6/h19-23,31H,8-18H2,1-7H3,(H,32,33)/t19?,20-,21+,22+,23+,26+,27+,28+,29+,30+/m0/s1. The van der Waals surface area contributed by atoms with Gasteiger partial charge in [0.15, 0.2) is 0 Å². The summed E-state index contributed by atoms with van der Waals surface area (Å²) in [6.07, 6.45) is 12.4. The molecule has 0 radical (unpaired) electrons. The fraction of sp³-hybridized carbons (Fsp3) is 0.967.